The van der Waals surface area contributed by atoms with Gasteiger partial charge in [0.2, 0.25) is 0 Å². The van der Waals surface area contributed by atoms with Crippen molar-refractivity contribution in [1.82, 2.24) is 9.97 Å². The van der Waals surface area contributed by atoms with E-state index >= 15 is 0 Å². The van der Waals surface area contributed by atoms with E-state index in [1.165, 1.54) is 31.7 Å². The zero-order valence-corrected chi connectivity index (χ0v) is 11.3. The molecule has 4 heteroatoms. The van der Waals surface area contributed by atoms with Gasteiger partial charge in [0.15, 0.2) is 11.6 Å². The second-order valence-corrected chi connectivity index (χ2v) is 4.96. The highest BCUT2D eigenvalue weighted by Crippen LogP contribution is 2.19. The van der Waals surface area contributed by atoms with E-state index in [-0.39, 0.29) is 5.52 Å². The molecule has 0 fully saturated rings. The van der Waals surface area contributed by atoms with Crippen molar-refractivity contribution in [2.24, 2.45) is 0 Å². The number of aromatic nitrogens is 2. The van der Waals surface area contributed by atoms with Crippen LogP contribution in [0.3, 0.4) is 0 Å². The number of hydrogen-bond acceptors (Lipinski definition) is 1. The molecule has 2 rings (SSSR count). The Bertz CT molecular complexity index is 534. The molecule has 0 spiro atoms. The number of aryl methyl sites for hydroxylation is 1. The van der Waals surface area contributed by atoms with E-state index in [2.05, 4.69) is 16.9 Å². The van der Waals surface area contributed by atoms with Crippen molar-refractivity contribution in [3.8, 4) is 0 Å². The van der Waals surface area contributed by atoms with Crippen LogP contribution >= 0.6 is 0 Å². The van der Waals surface area contributed by atoms with Gasteiger partial charge >= 0.3 is 0 Å². The molecule has 0 aliphatic rings. The third kappa shape index (κ3) is 3.52. The average molecular weight is 266 g/mol. The van der Waals surface area contributed by atoms with E-state index in [9.17, 15) is 8.78 Å². The van der Waals surface area contributed by atoms with Crippen molar-refractivity contribution in [3.05, 3.63) is 29.6 Å². The number of aromatic amines is 1. The molecule has 1 aromatic heterocycles. The molecule has 19 heavy (non-hydrogen) atoms. The third-order valence-electron chi connectivity index (χ3n) is 3.36. The maximum atomic E-state index is 13.5. The van der Waals surface area contributed by atoms with Gasteiger partial charge in [0.05, 0.1) is 5.52 Å². The summed E-state index contributed by atoms with van der Waals surface area (Å²) in [4.78, 5) is 7.18. The predicted molar refractivity (Wildman–Crippen MR) is 73.1 cm³/mol. The van der Waals surface area contributed by atoms with Crippen LogP contribution in [0.5, 0.6) is 0 Å². The second kappa shape index (κ2) is 6.64. The fourth-order valence-corrected chi connectivity index (χ4v) is 2.26. The number of rotatable bonds is 7. The summed E-state index contributed by atoms with van der Waals surface area (Å²) in [5, 5.41) is 0. The van der Waals surface area contributed by atoms with Crippen LogP contribution in [0.1, 0.15) is 51.3 Å². The summed E-state index contributed by atoms with van der Waals surface area (Å²) < 4.78 is 26.5. The van der Waals surface area contributed by atoms with Crippen LogP contribution in [0.15, 0.2) is 12.1 Å². The molecular weight excluding hydrogens is 246 g/mol. The first-order chi connectivity index (χ1) is 9.22. The second-order valence-electron chi connectivity index (χ2n) is 4.96. The smallest absolute Gasteiger partial charge is 0.186 e. The maximum absolute atomic E-state index is 13.5. The highest BCUT2D eigenvalue weighted by molar-refractivity contribution is 5.75. The molecule has 0 atom stereocenters. The van der Waals surface area contributed by atoms with Crippen LogP contribution in [0.25, 0.3) is 11.0 Å². The maximum Gasteiger partial charge on any atom is 0.186 e. The quantitative estimate of drug-likeness (QED) is 0.720. The van der Waals surface area contributed by atoms with Crippen molar-refractivity contribution in [3.63, 3.8) is 0 Å². The van der Waals surface area contributed by atoms with Crippen LogP contribution in [0.2, 0.25) is 0 Å². The lowest BCUT2D eigenvalue weighted by atomic mass is 10.1. The molecular formula is C15H20F2N2. The molecule has 2 nitrogen and oxygen atoms in total. The minimum absolute atomic E-state index is 0.112. The summed E-state index contributed by atoms with van der Waals surface area (Å²) in [6, 6.07) is 2.66. The number of nitrogens with zero attached hydrogens (tertiary/aromatic N) is 1. The number of benzene rings is 1. The third-order valence-corrected chi connectivity index (χ3v) is 3.36. The van der Waals surface area contributed by atoms with Crippen LogP contribution in [0, 0.1) is 11.6 Å². The van der Waals surface area contributed by atoms with Crippen molar-refractivity contribution in [1.29, 1.82) is 0 Å². The van der Waals surface area contributed by atoms with Crippen LogP contribution in [0.4, 0.5) is 8.78 Å². The van der Waals surface area contributed by atoms with E-state index in [0.717, 1.165) is 31.2 Å². The minimum atomic E-state index is -0.858. The lowest BCUT2D eigenvalue weighted by Crippen LogP contribution is -1.89. The molecule has 1 heterocycles. The Morgan fingerprint density at radius 2 is 1.79 bits per heavy atom. The lowest BCUT2D eigenvalue weighted by molar-refractivity contribution is 0.515. The van der Waals surface area contributed by atoms with Crippen LogP contribution < -0.4 is 0 Å². The summed E-state index contributed by atoms with van der Waals surface area (Å²) in [5.41, 5.74) is 0.681. The Morgan fingerprint density at radius 3 is 2.58 bits per heavy atom. The number of unbranched alkanes of at least 4 members (excludes halogenated alkanes) is 5. The lowest BCUT2D eigenvalue weighted by Gasteiger charge is -1.98. The number of nitrogens with one attached hydrogen (secondary N) is 1. The Balaban J connectivity index is 1.89. The summed E-state index contributed by atoms with van der Waals surface area (Å²) in [6.07, 6.45) is 8.03. The topological polar surface area (TPSA) is 28.7 Å². The molecule has 0 aliphatic heterocycles. The van der Waals surface area contributed by atoms with Gasteiger partial charge in [0.25, 0.3) is 0 Å². The van der Waals surface area contributed by atoms with E-state index in [1.807, 2.05) is 0 Å². The fraction of sp³-hybridized carbons (Fsp3) is 0.533. The summed E-state index contributed by atoms with van der Waals surface area (Å²) >= 11 is 0. The van der Waals surface area contributed by atoms with Gasteiger partial charge in [-0.05, 0) is 18.6 Å². The van der Waals surface area contributed by atoms with Crippen LogP contribution in [-0.4, -0.2) is 9.97 Å². The molecule has 0 unspecified atom stereocenters. The Hall–Kier alpha value is -1.45. The minimum Gasteiger partial charge on any atom is -0.342 e. The average Bonchev–Trinajstić information content (AvgIpc) is 2.82. The van der Waals surface area contributed by atoms with Gasteiger partial charge in [-0.25, -0.2) is 13.8 Å². The highest BCUT2D eigenvalue weighted by atomic mass is 19.2. The fourth-order valence-electron chi connectivity index (χ4n) is 2.26. The van der Waals surface area contributed by atoms with Gasteiger partial charge in [0.1, 0.15) is 11.3 Å². The van der Waals surface area contributed by atoms with Gasteiger partial charge in [-0.2, -0.15) is 0 Å². The Morgan fingerprint density at radius 1 is 1.05 bits per heavy atom. The molecule has 0 saturated carbocycles. The van der Waals surface area contributed by atoms with E-state index < -0.39 is 11.6 Å². The first-order valence-corrected chi connectivity index (χ1v) is 7.05. The number of hydrogen-bond donors (Lipinski definition) is 1. The van der Waals surface area contributed by atoms with Gasteiger partial charge in [-0.15, -0.1) is 0 Å². The molecule has 0 bridgehead atoms. The molecule has 104 valence electrons. The van der Waals surface area contributed by atoms with Crippen molar-refractivity contribution < 1.29 is 8.78 Å². The first-order valence-electron chi connectivity index (χ1n) is 7.05. The van der Waals surface area contributed by atoms with Crippen LogP contribution in [-0.2, 0) is 6.42 Å². The summed E-state index contributed by atoms with van der Waals surface area (Å²) in [6.45, 7) is 2.20. The molecule has 0 amide bonds. The Labute approximate surface area is 112 Å². The van der Waals surface area contributed by atoms with Crippen molar-refractivity contribution in [2.45, 2.75) is 51.9 Å². The molecule has 1 N–H and O–H groups in total. The number of imidazole rings is 1. The molecule has 2 aromatic rings. The summed E-state index contributed by atoms with van der Waals surface area (Å²) in [5.74, 6) is -0.956. The zero-order valence-electron chi connectivity index (χ0n) is 11.3. The molecule has 0 saturated heterocycles. The molecule has 0 radical (unpaired) electrons. The van der Waals surface area contributed by atoms with Gasteiger partial charge in [0, 0.05) is 6.42 Å². The Kier molecular flexibility index (Phi) is 4.88. The summed E-state index contributed by atoms with van der Waals surface area (Å²) in [7, 11) is 0. The first kappa shape index (κ1) is 14.0. The van der Waals surface area contributed by atoms with E-state index in [4.69, 9.17) is 0 Å². The van der Waals surface area contributed by atoms with E-state index in [1.54, 1.807) is 0 Å². The number of fused-ring (bicyclic) bond motifs is 1. The monoisotopic (exact) mass is 266 g/mol. The van der Waals surface area contributed by atoms with Gasteiger partial charge in [-0.3, -0.25) is 0 Å². The molecule has 0 aliphatic carbocycles. The van der Waals surface area contributed by atoms with E-state index in [0.29, 0.717) is 5.52 Å². The predicted octanol–water partition coefficient (Wildman–Crippen LogP) is 4.74. The normalized spacial score (nSPS) is 11.3. The number of halogens is 2. The van der Waals surface area contributed by atoms with Crippen molar-refractivity contribution >= 4 is 11.0 Å². The largest absolute Gasteiger partial charge is 0.342 e. The zero-order chi connectivity index (χ0) is 13.7. The molecule has 1 aromatic carbocycles. The highest BCUT2D eigenvalue weighted by Gasteiger charge is 2.11. The SMILES string of the molecule is CCCCCCCCc1nc2c(F)c(F)ccc2[nH]1. The van der Waals surface area contributed by atoms with Gasteiger partial charge < -0.3 is 4.98 Å². The van der Waals surface area contributed by atoms with Gasteiger partial charge in [-0.1, -0.05) is 39.0 Å². The standard InChI is InChI=1S/C15H20F2N2/c1-2-3-4-5-6-7-8-13-18-12-10-9-11(16)14(17)15(12)19-13/h9-10H,2-8H2,1H3,(H,18,19). The van der Waals surface area contributed by atoms with Crippen molar-refractivity contribution in [2.75, 3.05) is 0 Å². The number of H-pyrrole nitrogens is 1.